The molecule has 1 unspecified atom stereocenters. The molecule has 0 aliphatic carbocycles. The first-order valence-electron chi connectivity index (χ1n) is 11.9. The highest BCUT2D eigenvalue weighted by atomic mass is 35.5. The van der Waals surface area contributed by atoms with E-state index >= 15 is 0 Å². The minimum Gasteiger partial charge on any atom is -0.476 e. The average Bonchev–Trinajstić information content (AvgIpc) is 3.20. The van der Waals surface area contributed by atoms with Crippen molar-refractivity contribution in [2.24, 2.45) is 0 Å². The van der Waals surface area contributed by atoms with Crippen LogP contribution in [0.5, 0.6) is 0 Å². The fourth-order valence-corrected chi connectivity index (χ4v) is 5.22. The summed E-state index contributed by atoms with van der Waals surface area (Å²) in [5.41, 5.74) is 3.86. The first kappa shape index (κ1) is 23.6. The quantitative estimate of drug-likeness (QED) is 0.572. The Morgan fingerprint density at radius 1 is 1.29 bits per heavy atom. The third-order valence-electron chi connectivity index (χ3n) is 6.96. The van der Waals surface area contributed by atoms with E-state index in [0.29, 0.717) is 37.2 Å². The van der Waals surface area contributed by atoms with E-state index in [0.717, 1.165) is 29.7 Å². The summed E-state index contributed by atoms with van der Waals surface area (Å²) >= 11 is 6.57. The molecular weight excluding hydrogens is 470 g/mol. The molecule has 9 nitrogen and oxygen atoms in total. The Labute approximate surface area is 207 Å². The molecule has 0 radical (unpaired) electrons. The molecule has 1 N–H and O–H groups in total. The molecule has 0 bridgehead atoms. The van der Waals surface area contributed by atoms with Crippen molar-refractivity contribution in [3.63, 3.8) is 0 Å². The molecule has 5 rings (SSSR count). The van der Waals surface area contributed by atoms with E-state index in [1.807, 2.05) is 43.0 Å². The topological polar surface area (TPSA) is 102 Å². The number of carbonyl (C=O) groups is 1. The summed E-state index contributed by atoms with van der Waals surface area (Å²) in [7, 11) is 0. The maximum absolute atomic E-state index is 13.0. The number of hydrogen-bond acceptors (Lipinski definition) is 6. The highest BCUT2D eigenvalue weighted by Crippen LogP contribution is 2.34. The molecule has 1 aromatic carbocycles. The fourth-order valence-electron chi connectivity index (χ4n) is 4.98. The van der Waals surface area contributed by atoms with Gasteiger partial charge in [-0.15, -0.1) is 0 Å². The molecule has 35 heavy (non-hydrogen) atoms. The van der Waals surface area contributed by atoms with E-state index in [1.165, 1.54) is 4.68 Å². The number of carboxylic acids is 1. The van der Waals surface area contributed by atoms with Crippen LogP contribution in [0.2, 0.25) is 5.02 Å². The molecule has 3 aromatic rings. The standard InChI is InChI=1S/C25H28ClN5O4/c1-15-7-3-4-8-17(15)13-30-19-11-16(2)29(14-18(19)23(28-30)25(33)34)20-12-27-31(24(32)22(20)26)21-9-5-6-10-35-21/h3-4,7-8,12,16,21H,5-6,9-11,13-14H2,1-2H3,(H,33,34)/t16-,21?/m1/s1. The highest BCUT2D eigenvalue weighted by molar-refractivity contribution is 6.33. The summed E-state index contributed by atoms with van der Waals surface area (Å²) in [6, 6.07) is 7.96. The van der Waals surface area contributed by atoms with E-state index in [-0.39, 0.29) is 23.3 Å². The summed E-state index contributed by atoms with van der Waals surface area (Å²) in [6.45, 7) is 5.42. The van der Waals surface area contributed by atoms with Gasteiger partial charge in [-0.25, -0.2) is 4.79 Å². The molecule has 2 aliphatic heterocycles. The van der Waals surface area contributed by atoms with Gasteiger partial charge in [-0.2, -0.15) is 14.9 Å². The van der Waals surface area contributed by atoms with Crippen LogP contribution in [0.4, 0.5) is 5.69 Å². The van der Waals surface area contributed by atoms with Crippen molar-refractivity contribution in [2.45, 2.75) is 64.9 Å². The number of benzene rings is 1. The van der Waals surface area contributed by atoms with E-state index in [9.17, 15) is 14.7 Å². The van der Waals surface area contributed by atoms with Crippen molar-refractivity contribution in [3.8, 4) is 0 Å². The molecule has 2 aliphatic rings. The molecular formula is C25H28ClN5O4. The van der Waals surface area contributed by atoms with Crippen LogP contribution in [-0.2, 0) is 24.2 Å². The lowest BCUT2D eigenvalue weighted by molar-refractivity contribution is -0.0424. The zero-order valence-corrected chi connectivity index (χ0v) is 20.5. The predicted octanol–water partition coefficient (Wildman–Crippen LogP) is 3.80. The van der Waals surface area contributed by atoms with Crippen LogP contribution in [0.1, 0.15) is 65.3 Å². The molecule has 1 saturated heterocycles. The molecule has 0 amide bonds. The number of aromatic nitrogens is 4. The number of halogens is 1. The van der Waals surface area contributed by atoms with Gasteiger partial charge in [0.2, 0.25) is 0 Å². The summed E-state index contributed by atoms with van der Waals surface area (Å²) in [5, 5.41) is 18.8. The van der Waals surface area contributed by atoms with Gasteiger partial charge in [-0.3, -0.25) is 9.48 Å². The molecule has 10 heteroatoms. The number of aryl methyl sites for hydroxylation is 1. The Bertz CT molecular complexity index is 1330. The smallest absolute Gasteiger partial charge is 0.356 e. The number of hydrogen-bond donors (Lipinski definition) is 1. The zero-order valence-electron chi connectivity index (χ0n) is 19.8. The van der Waals surface area contributed by atoms with E-state index in [4.69, 9.17) is 16.3 Å². The van der Waals surface area contributed by atoms with E-state index < -0.39 is 17.8 Å². The third-order valence-corrected chi connectivity index (χ3v) is 7.32. The molecule has 184 valence electrons. The third kappa shape index (κ3) is 4.34. The van der Waals surface area contributed by atoms with E-state index in [2.05, 4.69) is 10.2 Å². The first-order valence-corrected chi connectivity index (χ1v) is 12.2. The van der Waals surface area contributed by atoms with Crippen molar-refractivity contribution in [3.05, 3.63) is 73.9 Å². The number of carboxylic acid groups (broad SMARTS) is 1. The lowest BCUT2D eigenvalue weighted by atomic mass is 9.98. The van der Waals surface area contributed by atoms with Gasteiger partial charge in [0.1, 0.15) is 5.02 Å². The molecule has 0 saturated carbocycles. The summed E-state index contributed by atoms with van der Waals surface area (Å²) < 4.78 is 8.82. The van der Waals surface area contributed by atoms with E-state index in [1.54, 1.807) is 10.9 Å². The second-order valence-electron chi connectivity index (χ2n) is 9.26. The minimum atomic E-state index is -1.08. The summed E-state index contributed by atoms with van der Waals surface area (Å²) in [4.78, 5) is 27.1. The molecule has 4 heterocycles. The molecule has 2 atom stereocenters. The number of aromatic carboxylic acids is 1. The van der Waals surface area contributed by atoms with Crippen LogP contribution in [0, 0.1) is 6.92 Å². The van der Waals surface area contributed by atoms with Gasteiger partial charge in [0.05, 0.1) is 18.4 Å². The van der Waals surface area contributed by atoms with Crippen molar-refractivity contribution >= 4 is 23.3 Å². The fraction of sp³-hybridized carbons (Fsp3) is 0.440. The Kier molecular flexibility index (Phi) is 6.37. The Morgan fingerprint density at radius 2 is 2.09 bits per heavy atom. The lowest BCUT2D eigenvalue weighted by Crippen LogP contribution is -2.41. The maximum atomic E-state index is 13.0. The van der Waals surface area contributed by atoms with Crippen LogP contribution in [0.25, 0.3) is 0 Å². The van der Waals surface area contributed by atoms with Crippen LogP contribution < -0.4 is 10.5 Å². The van der Waals surface area contributed by atoms with Gasteiger partial charge >= 0.3 is 5.97 Å². The number of anilines is 1. The highest BCUT2D eigenvalue weighted by Gasteiger charge is 2.34. The van der Waals surface area contributed by atoms with Crippen LogP contribution in [0.15, 0.2) is 35.3 Å². The zero-order chi connectivity index (χ0) is 24.7. The first-order chi connectivity index (χ1) is 16.8. The minimum absolute atomic E-state index is 0.0264. The van der Waals surface area contributed by atoms with Gasteiger partial charge in [-0.05, 0) is 44.2 Å². The number of rotatable bonds is 5. The second-order valence-corrected chi connectivity index (χ2v) is 9.64. The number of ether oxygens (including phenoxy) is 1. The van der Waals surface area contributed by atoms with Crippen molar-refractivity contribution in [1.29, 1.82) is 0 Å². The Hall–Kier alpha value is -3.17. The Morgan fingerprint density at radius 3 is 2.80 bits per heavy atom. The van der Waals surface area contributed by atoms with Crippen molar-refractivity contribution in [2.75, 3.05) is 11.5 Å². The molecule has 1 fully saturated rings. The predicted molar refractivity (Wildman–Crippen MR) is 131 cm³/mol. The van der Waals surface area contributed by atoms with Crippen LogP contribution >= 0.6 is 11.6 Å². The van der Waals surface area contributed by atoms with Crippen LogP contribution in [-0.4, -0.2) is 43.3 Å². The van der Waals surface area contributed by atoms with Gasteiger partial charge < -0.3 is 14.7 Å². The summed E-state index contributed by atoms with van der Waals surface area (Å²) in [5.74, 6) is -1.08. The average molecular weight is 498 g/mol. The van der Waals surface area contributed by atoms with Gasteiger partial charge in [0.15, 0.2) is 11.9 Å². The van der Waals surface area contributed by atoms with Crippen molar-refractivity contribution < 1.29 is 14.6 Å². The Balaban J connectivity index is 1.49. The normalized spacial score (nSPS) is 20.0. The largest absolute Gasteiger partial charge is 0.476 e. The monoisotopic (exact) mass is 497 g/mol. The van der Waals surface area contributed by atoms with Gasteiger partial charge in [0, 0.05) is 36.9 Å². The number of fused-ring (bicyclic) bond motifs is 1. The molecule has 2 aromatic heterocycles. The second kappa shape index (κ2) is 9.47. The van der Waals surface area contributed by atoms with Crippen LogP contribution in [0.3, 0.4) is 0 Å². The maximum Gasteiger partial charge on any atom is 0.356 e. The SMILES string of the molecule is Cc1ccccc1Cn1nc(C(=O)O)c2c1C[C@@H](C)N(c1cnn(C3CCCCO3)c(=O)c1Cl)C2. The van der Waals surface area contributed by atoms with Gasteiger partial charge in [0.25, 0.3) is 5.56 Å². The lowest BCUT2D eigenvalue weighted by Gasteiger charge is -2.36. The van der Waals surface area contributed by atoms with Gasteiger partial charge in [-0.1, -0.05) is 35.9 Å². The number of nitrogens with zero attached hydrogens (tertiary/aromatic N) is 5. The summed E-state index contributed by atoms with van der Waals surface area (Å²) in [6.07, 6.45) is 4.39. The van der Waals surface area contributed by atoms with Crippen molar-refractivity contribution in [1.82, 2.24) is 19.6 Å². The molecule has 0 spiro atoms.